The highest BCUT2D eigenvalue weighted by Crippen LogP contribution is 2.26. The fourth-order valence-corrected chi connectivity index (χ4v) is 3.47. The summed E-state index contributed by atoms with van der Waals surface area (Å²) in [7, 11) is 1.73. The van der Waals surface area contributed by atoms with Gasteiger partial charge in [-0.25, -0.2) is 8.78 Å². The van der Waals surface area contributed by atoms with Crippen molar-refractivity contribution in [2.75, 3.05) is 17.7 Å². The van der Waals surface area contributed by atoms with Crippen molar-refractivity contribution in [2.45, 2.75) is 25.1 Å². The maximum Gasteiger partial charge on any atom is 0.234 e. The largest absolute Gasteiger partial charge is 0.494 e. The van der Waals surface area contributed by atoms with Crippen LogP contribution in [-0.2, 0) is 11.8 Å². The van der Waals surface area contributed by atoms with E-state index in [1.807, 2.05) is 6.92 Å². The van der Waals surface area contributed by atoms with Gasteiger partial charge in [0, 0.05) is 18.8 Å². The third-order valence-electron chi connectivity index (χ3n) is 4.21. The summed E-state index contributed by atoms with van der Waals surface area (Å²) in [5.41, 5.74) is 0.663. The van der Waals surface area contributed by atoms with E-state index >= 15 is 0 Å². The maximum absolute atomic E-state index is 13.8. The monoisotopic (exact) mass is 448 g/mol. The van der Waals surface area contributed by atoms with Crippen molar-refractivity contribution >= 4 is 23.4 Å². The Kier molecular flexibility index (Phi) is 7.45. The van der Waals surface area contributed by atoms with Gasteiger partial charge in [0.05, 0.1) is 12.4 Å². The van der Waals surface area contributed by atoms with Crippen LogP contribution >= 0.6 is 11.8 Å². The van der Waals surface area contributed by atoms with Crippen molar-refractivity contribution in [3.05, 3.63) is 59.9 Å². The molecular weight excluding hydrogens is 426 g/mol. The van der Waals surface area contributed by atoms with Crippen LogP contribution in [-0.4, -0.2) is 33.0 Å². The molecule has 2 aromatic carbocycles. The van der Waals surface area contributed by atoms with E-state index in [-0.39, 0.29) is 17.4 Å². The number of aromatic nitrogens is 3. The number of hydrogen-bond donors (Lipinski definition) is 1. The normalized spacial score (nSPS) is 11.8. The Morgan fingerprint density at radius 2 is 1.94 bits per heavy atom. The summed E-state index contributed by atoms with van der Waals surface area (Å²) in [6.07, 6.45) is -0.635. The molecule has 0 aliphatic heterocycles. The number of carbonyl (C=O) groups is 1. The van der Waals surface area contributed by atoms with Crippen LogP contribution in [0.25, 0.3) is 0 Å². The van der Waals surface area contributed by atoms with Crippen LogP contribution in [0.4, 0.5) is 14.5 Å². The third-order valence-corrected chi connectivity index (χ3v) is 5.23. The quantitative estimate of drug-likeness (QED) is 0.490. The van der Waals surface area contributed by atoms with Crippen LogP contribution < -0.4 is 14.8 Å². The Labute approximate surface area is 182 Å². The van der Waals surface area contributed by atoms with E-state index in [4.69, 9.17) is 9.47 Å². The van der Waals surface area contributed by atoms with E-state index in [0.717, 1.165) is 17.9 Å². The second kappa shape index (κ2) is 10.3. The SMILES string of the molecule is CCOc1ccc(NC(=O)CSc2nnc(C(C)Oc3ccc(F)cc3F)n2C)cc1. The number of ether oxygens (including phenoxy) is 2. The second-order valence-electron chi connectivity index (χ2n) is 6.53. The number of hydrogen-bond acceptors (Lipinski definition) is 6. The lowest BCUT2D eigenvalue weighted by molar-refractivity contribution is -0.113. The lowest BCUT2D eigenvalue weighted by atomic mass is 10.3. The number of halogens is 2. The third kappa shape index (κ3) is 5.94. The highest BCUT2D eigenvalue weighted by atomic mass is 32.2. The molecule has 1 heterocycles. The lowest BCUT2D eigenvalue weighted by Gasteiger charge is -2.14. The number of rotatable bonds is 9. The number of amides is 1. The summed E-state index contributed by atoms with van der Waals surface area (Å²) in [4.78, 5) is 12.2. The molecule has 0 radical (unpaired) electrons. The van der Waals surface area contributed by atoms with Gasteiger partial charge in [-0.1, -0.05) is 11.8 Å². The molecule has 3 aromatic rings. The average Bonchev–Trinajstić information content (AvgIpc) is 3.10. The van der Waals surface area contributed by atoms with Crippen molar-refractivity contribution in [1.29, 1.82) is 0 Å². The summed E-state index contributed by atoms with van der Waals surface area (Å²) in [6.45, 7) is 4.16. The number of thioether (sulfide) groups is 1. The van der Waals surface area contributed by atoms with Gasteiger partial charge >= 0.3 is 0 Å². The fraction of sp³-hybridized carbons (Fsp3) is 0.286. The molecule has 0 bridgehead atoms. The van der Waals surface area contributed by atoms with Gasteiger partial charge in [-0.05, 0) is 50.2 Å². The minimum Gasteiger partial charge on any atom is -0.494 e. The molecule has 1 aromatic heterocycles. The molecule has 164 valence electrons. The molecular formula is C21H22F2N4O3S. The van der Waals surface area contributed by atoms with Gasteiger partial charge in [-0.3, -0.25) is 4.79 Å². The highest BCUT2D eigenvalue weighted by molar-refractivity contribution is 7.99. The lowest BCUT2D eigenvalue weighted by Crippen LogP contribution is -2.15. The molecule has 1 amide bonds. The molecule has 0 fully saturated rings. The fourth-order valence-electron chi connectivity index (χ4n) is 2.75. The first-order valence-electron chi connectivity index (χ1n) is 9.54. The summed E-state index contributed by atoms with van der Waals surface area (Å²) >= 11 is 1.21. The molecule has 0 saturated heterocycles. The Bertz CT molecular complexity index is 1040. The minimum atomic E-state index is -0.797. The molecule has 1 unspecified atom stereocenters. The van der Waals surface area contributed by atoms with E-state index in [1.165, 1.54) is 17.8 Å². The zero-order valence-corrected chi connectivity index (χ0v) is 18.1. The predicted octanol–water partition coefficient (Wildman–Crippen LogP) is 4.36. The summed E-state index contributed by atoms with van der Waals surface area (Å²) in [6, 6.07) is 10.2. The smallest absolute Gasteiger partial charge is 0.234 e. The molecule has 3 rings (SSSR count). The van der Waals surface area contributed by atoms with E-state index in [9.17, 15) is 13.6 Å². The molecule has 0 aliphatic carbocycles. The Balaban J connectivity index is 1.56. The molecule has 1 atom stereocenters. The molecule has 10 heteroatoms. The predicted molar refractivity (Wildman–Crippen MR) is 113 cm³/mol. The molecule has 0 aliphatic rings. The summed E-state index contributed by atoms with van der Waals surface area (Å²) in [5.74, 6) is -0.456. The van der Waals surface area contributed by atoms with Crippen LogP contribution in [0.1, 0.15) is 25.8 Å². The standard InChI is InChI=1S/C21H22F2N4O3S/c1-4-29-16-8-6-15(7-9-16)24-19(28)12-31-21-26-25-20(27(21)3)13(2)30-18-10-5-14(22)11-17(18)23/h5-11,13H,4,12H2,1-3H3,(H,24,28). The molecule has 0 spiro atoms. The van der Waals surface area contributed by atoms with Gasteiger partial charge in [0.1, 0.15) is 11.6 Å². The van der Waals surface area contributed by atoms with Crippen LogP contribution in [0.15, 0.2) is 47.6 Å². The van der Waals surface area contributed by atoms with E-state index in [2.05, 4.69) is 15.5 Å². The van der Waals surface area contributed by atoms with E-state index in [0.29, 0.717) is 23.3 Å². The number of nitrogens with zero attached hydrogens (tertiary/aromatic N) is 3. The molecule has 7 nitrogen and oxygen atoms in total. The van der Waals surface area contributed by atoms with Crippen LogP contribution in [0.5, 0.6) is 11.5 Å². The van der Waals surface area contributed by atoms with Gasteiger partial charge in [0.25, 0.3) is 0 Å². The molecule has 0 saturated carbocycles. The zero-order chi connectivity index (χ0) is 22.4. The van der Waals surface area contributed by atoms with Crippen LogP contribution in [0, 0.1) is 11.6 Å². The van der Waals surface area contributed by atoms with Crippen molar-refractivity contribution in [3.63, 3.8) is 0 Å². The molecule has 1 N–H and O–H groups in total. The first-order chi connectivity index (χ1) is 14.9. The van der Waals surface area contributed by atoms with Gasteiger partial charge in [0.2, 0.25) is 5.91 Å². The second-order valence-corrected chi connectivity index (χ2v) is 7.47. The topological polar surface area (TPSA) is 78.3 Å². The van der Waals surface area contributed by atoms with Crippen molar-refractivity contribution in [1.82, 2.24) is 14.8 Å². The van der Waals surface area contributed by atoms with Crippen molar-refractivity contribution in [2.24, 2.45) is 7.05 Å². The van der Waals surface area contributed by atoms with Gasteiger partial charge in [-0.2, -0.15) is 0 Å². The Morgan fingerprint density at radius 1 is 1.19 bits per heavy atom. The highest BCUT2D eigenvalue weighted by Gasteiger charge is 2.19. The first-order valence-corrected chi connectivity index (χ1v) is 10.5. The number of benzene rings is 2. The van der Waals surface area contributed by atoms with Gasteiger partial charge in [-0.15, -0.1) is 10.2 Å². The summed E-state index contributed by atoms with van der Waals surface area (Å²) in [5, 5.41) is 11.5. The Morgan fingerprint density at radius 3 is 2.61 bits per heavy atom. The minimum absolute atomic E-state index is 0.0826. The Hall–Kier alpha value is -3.14. The van der Waals surface area contributed by atoms with E-state index < -0.39 is 17.7 Å². The van der Waals surface area contributed by atoms with Gasteiger partial charge < -0.3 is 19.4 Å². The number of anilines is 1. The van der Waals surface area contributed by atoms with Crippen LogP contribution in [0.3, 0.4) is 0 Å². The maximum atomic E-state index is 13.8. The molecule has 31 heavy (non-hydrogen) atoms. The number of carbonyl (C=O) groups excluding carboxylic acids is 1. The number of nitrogens with one attached hydrogen (secondary N) is 1. The first kappa shape index (κ1) is 22.5. The average molecular weight is 448 g/mol. The van der Waals surface area contributed by atoms with Crippen LogP contribution in [0.2, 0.25) is 0 Å². The van der Waals surface area contributed by atoms with E-state index in [1.54, 1.807) is 42.8 Å². The van der Waals surface area contributed by atoms with Crippen molar-refractivity contribution in [3.8, 4) is 11.5 Å². The van der Waals surface area contributed by atoms with Crippen molar-refractivity contribution < 1.29 is 23.0 Å². The van der Waals surface area contributed by atoms with Gasteiger partial charge in [0.15, 0.2) is 28.7 Å². The zero-order valence-electron chi connectivity index (χ0n) is 17.3. The summed E-state index contributed by atoms with van der Waals surface area (Å²) < 4.78 is 39.5.